The molecule has 1 amide bonds. The summed E-state index contributed by atoms with van der Waals surface area (Å²) in [6.45, 7) is 6.85. The Kier molecular flexibility index (Phi) is 5.09. The van der Waals surface area contributed by atoms with Gasteiger partial charge < -0.3 is 5.32 Å². The highest BCUT2D eigenvalue weighted by Gasteiger charge is 2.08. The second kappa shape index (κ2) is 7.02. The number of hydrogen-bond acceptors (Lipinski definition) is 2. The van der Waals surface area contributed by atoms with Gasteiger partial charge in [0, 0.05) is 6.20 Å². The SMILES string of the molecule is Cc1ccc(C(C)C)cc1CC(=O)NCc1ccccn1. The average molecular weight is 282 g/mol. The molecule has 21 heavy (non-hydrogen) atoms. The van der Waals surface area contributed by atoms with E-state index in [0.717, 1.165) is 16.8 Å². The number of benzene rings is 1. The standard InChI is InChI=1S/C18H22N2O/c1-13(2)15-8-7-14(3)16(10-15)11-18(21)20-12-17-6-4-5-9-19-17/h4-10,13H,11-12H2,1-3H3,(H,20,21). The van der Waals surface area contributed by atoms with Gasteiger partial charge in [0.1, 0.15) is 0 Å². The molecule has 1 heterocycles. The highest BCUT2D eigenvalue weighted by Crippen LogP contribution is 2.19. The average Bonchev–Trinajstić information content (AvgIpc) is 2.48. The summed E-state index contributed by atoms with van der Waals surface area (Å²) in [5.74, 6) is 0.505. The fraction of sp³-hybridized carbons (Fsp3) is 0.333. The second-order valence-corrected chi connectivity index (χ2v) is 5.62. The Morgan fingerprint density at radius 3 is 2.71 bits per heavy atom. The third-order valence-electron chi connectivity index (χ3n) is 3.58. The maximum absolute atomic E-state index is 12.1. The first-order valence-corrected chi connectivity index (χ1v) is 7.32. The van der Waals surface area contributed by atoms with Gasteiger partial charge in [-0.05, 0) is 41.7 Å². The van der Waals surface area contributed by atoms with E-state index >= 15 is 0 Å². The summed E-state index contributed by atoms with van der Waals surface area (Å²) in [4.78, 5) is 16.3. The third-order valence-corrected chi connectivity index (χ3v) is 3.58. The zero-order chi connectivity index (χ0) is 15.2. The molecule has 110 valence electrons. The number of pyridine rings is 1. The van der Waals surface area contributed by atoms with Crippen LogP contribution >= 0.6 is 0 Å². The first-order valence-electron chi connectivity index (χ1n) is 7.32. The number of carbonyl (C=O) groups is 1. The molecule has 2 rings (SSSR count). The van der Waals surface area contributed by atoms with Gasteiger partial charge in [0.2, 0.25) is 5.91 Å². The summed E-state index contributed by atoms with van der Waals surface area (Å²) in [5, 5.41) is 2.92. The van der Waals surface area contributed by atoms with Crippen LogP contribution in [0.5, 0.6) is 0 Å². The lowest BCUT2D eigenvalue weighted by molar-refractivity contribution is -0.120. The molecule has 0 radical (unpaired) electrons. The van der Waals surface area contributed by atoms with Gasteiger partial charge in [0.25, 0.3) is 0 Å². The lowest BCUT2D eigenvalue weighted by Gasteiger charge is -2.11. The Labute approximate surface area is 126 Å². The van der Waals surface area contributed by atoms with Crippen molar-refractivity contribution in [3.05, 3.63) is 65.0 Å². The van der Waals surface area contributed by atoms with E-state index in [2.05, 4.69) is 42.3 Å². The molecule has 0 fully saturated rings. The Morgan fingerprint density at radius 2 is 2.05 bits per heavy atom. The largest absolute Gasteiger partial charge is 0.350 e. The van der Waals surface area contributed by atoms with Crippen LogP contribution in [0.2, 0.25) is 0 Å². The minimum absolute atomic E-state index is 0.0321. The molecule has 0 aliphatic rings. The number of nitrogens with zero attached hydrogens (tertiary/aromatic N) is 1. The summed E-state index contributed by atoms with van der Waals surface area (Å²) in [6, 6.07) is 12.1. The summed E-state index contributed by atoms with van der Waals surface area (Å²) in [7, 11) is 0. The fourth-order valence-electron chi connectivity index (χ4n) is 2.17. The van der Waals surface area contributed by atoms with E-state index in [1.165, 1.54) is 5.56 Å². The topological polar surface area (TPSA) is 42.0 Å². The van der Waals surface area contributed by atoms with Crippen molar-refractivity contribution in [1.29, 1.82) is 0 Å². The maximum atomic E-state index is 12.1. The molecule has 1 N–H and O–H groups in total. The van der Waals surface area contributed by atoms with Crippen molar-refractivity contribution in [1.82, 2.24) is 10.3 Å². The zero-order valence-electron chi connectivity index (χ0n) is 12.9. The number of nitrogens with one attached hydrogen (secondary N) is 1. The van der Waals surface area contributed by atoms with Gasteiger partial charge in [-0.3, -0.25) is 9.78 Å². The van der Waals surface area contributed by atoms with E-state index in [1.807, 2.05) is 25.1 Å². The van der Waals surface area contributed by atoms with E-state index in [4.69, 9.17) is 0 Å². The molecule has 0 unspecified atom stereocenters. The minimum atomic E-state index is 0.0321. The van der Waals surface area contributed by atoms with E-state index < -0.39 is 0 Å². The summed E-state index contributed by atoms with van der Waals surface area (Å²) < 4.78 is 0. The van der Waals surface area contributed by atoms with E-state index in [9.17, 15) is 4.79 Å². The summed E-state index contributed by atoms with van der Waals surface area (Å²) >= 11 is 0. The van der Waals surface area contributed by atoms with Gasteiger partial charge in [-0.1, -0.05) is 38.1 Å². The van der Waals surface area contributed by atoms with Crippen LogP contribution in [0.4, 0.5) is 0 Å². The fourth-order valence-corrected chi connectivity index (χ4v) is 2.17. The number of amides is 1. The van der Waals surface area contributed by atoms with Crippen LogP contribution in [0.25, 0.3) is 0 Å². The van der Waals surface area contributed by atoms with Gasteiger partial charge in [-0.25, -0.2) is 0 Å². The number of rotatable bonds is 5. The lowest BCUT2D eigenvalue weighted by atomic mass is 9.96. The van der Waals surface area contributed by atoms with Crippen molar-refractivity contribution in [3.8, 4) is 0 Å². The van der Waals surface area contributed by atoms with Crippen LogP contribution in [0.15, 0.2) is 42.6 Å². The Morgan fingerprint density at radius 1 is 1.24 bits per heavy atom. The molecule has 0 aliphatic heterocycles. The van der Waals surface area contributed by atoms with E-state index in [0.29, 0.717) is 18.9 Å². The Balaban J connectivity index is 1.98. The molecule has 1 aromatic carbocycles. The first-order chi connectivity index (χ1) is 10.1. The molecule has 3 nitrogen and oxygen atoms in total. The van der Waals surface area contributed by atoms with Crippen LogP contribution in [-0.2, 0) is 17.8 Å². The molecule has 0 spiro atoms. The Bertz CT molecular complexity index is 606. The predicted octanol–water partition coefficient (Wildman–Crippen LogP) is 3.37. The lowest BCUT2D eigenvalue weighted by Crippen LogP contribution is -2.25. The minimum Gasteiger partial charge on any atom is -0.350 e. The van der Waals surface area contributed by atoms with Crippen molar-refractivity contribution in [2.24, 2.45) is 0 Å². The van der Waals surface area contributed by atoms with Crippen molar-refractivity contribution in [3.63, 3.8) is 0 Å². The predicted molar refractivity (Wildman–Crippen MR) is 85.1 cm³/mol. The van der Waals surface area contributed by atoms with Crippen LogP contribution in [0.3, 0.4) is 0 Å². The van der Waals surface area contributed by atoms with Gasteiger partial charge in [-0.15, -0.1) is 0 Å². The van der Waals surface area contributed by atoms with Crippen LogP contribution in [0.1, 0.15) is 42.1 Å². The van der Waals surface area contributed by atoms with Crippen molar-refractivity contribution >= 4 is 5.91 Å². The van der Waals surface area contributed by atoms with Crippen LogP contribution < -0.4 is 5.32 Å². The van der Waals surface area contributed by atoms with Gasteiger partial charge in [0.05, 0.1) is 18.7 Å². The molecule has 0 aliphatic carbocycles. The van der Waals surface area contributed by atoms with Crippen molar-refractivity contribution in [2.75, 3.05) is 0 Å². The third kappa shape index (κ3) is 4.42. The van der Waals surface area contributed by atoms with Crippen molar-refractivity contribution in [2.45, 2.75) is 39.7 Å². The highest BCUT2D eigenvalue weighted by molar-refractivity contribution is 5.78. The quantitative estimate of drug-likeness (QED) is 0.913. The molecule has 0 saturated carbocycles. The monoisotopic (exact) mass is 282 g/mol. The summed E-state index contributed by atoms with van der Waals surface area (Å²) in [6.07, 6.45) is 2.15. The van der Waals surface area contributed by atoms with Gasteiger partial charge >= 0.3 is 0 Å². The van der Waals surface area contributed by atoms with Crippen LogP contribution in [0, 0.1) is 6.92 Å². The first kappa shape index (κ1) is 15.2. The van der Waals surface area contributed by atoms with Gasteiger partial charge in [0.15, 0.2) is 0 Å². The molecule has 3 heteroatoms. The molecule has 0 atom stereocenters. The maximum Gasteiger partial charge on any atom is 0.224 e. The van der Waals surface area contributed by atoms with Gasteiger partial charge in [-0.2, -0.15) is 0 Å². The van der Waals surface area contributed by atoms with Crippen LogP contribution in [-0.4, -0.2) is 10.9 Å². The Hall–Kier alpha value is -2.16. The number of aromatic nitrogens is 1. The number of carbonyl (C=O) groups excluding carboxylic acids is 1. The molecule has 0 saturated heterocycles. The number of hydrogen-bond donors (Lipinski definition) is 1. The summed E-state index contributed by atoms with van der Waals surface area (Å²) in [5.41, 5.74) is 4.40. The van der Waals surface area contributed by atoms with E-state index in [1.54, 1.807) is 6.20 Å². The second-order valence-electron chi connectivity index (χ2n) is 5.62. The highest BCUT2D eigenvalue weighted by atomic mass is 16.1. The smallest absolute Gasteiger partial charge is 0.224 e. The zero-order valence-corrected chi connectivity index (χ0v) is 12.9. The number of aryl methyl sites for hydroxylation is 1. The molecular weight excluding hydrogens is 260 g/mol. The molecule has 1 aromatic heterocycles. The molecule has 2 aromatic rings. The van der Waals surface area contributed by atoms with Crippen molar-refractivity contribution < 1.29 is 4.79 Å². The molecular formula is C18H22N2O. The normalized spacial score (nSPS) is 10.7. The molecule has 0 bridgehead atoms. The van der Waals surface area contributed by atoms with E-state index in [-0.39, 0.29) is 5.91 Å².